The normalized spacial score (nSPS) is 21.3. The Morgan fingerprint density at radius 1 is 1.20 bits per heavy atom. The molecule has 78 valence electrons. The van der Waals surface area contributed by atoms with Crippen LogP contribution in [-0.2, 0) is 4.79 Å². The number of carbonyl (C=O) groups excluding carboxylic acids is 1. The number of allylic oxidation sites excluding steroid dienone is 2. The van der Waals surface area contributed by atoms with Crippen LogP contribution in [0.25, 0.3) is 5.57 Å². The molecule has 0 amide bonds. The molecule has 15 heavy (non-hydrogen) atoms. The van der Waals surface area contributed by atoms with Crippen LogP contribution in [-0.4, -0.2) is 5.78 Å². The molecule has 0 aliphatic heterocycles. The minimum absolute atomic E-state index is 0.270. The average Bonchev–Trinajstić information content (AvgIpc) is 2.16. The summed E-state index contributed by atoms with van der Waals surface area (Å²) < 4.78 is 0. The Bertz CT molecular complexity index is 415. The Morgan fingerprint density at radius 2 is 1.93 bits per heavy atom. The first kappa shape index (κ1) is 10.2. The van der Waals surface area contributed by atoms with Gasteiger partial charge >= 0.3 is 0 Å². The monoisotopic (exact) mass is 200 g/mol. The van der Waals surface area contributed by atoms with Crippen LogP contribution in [0.5, 0.6) is 0 Å². The van der Waals surface area contributed by atoms with E-state index in [1.807, 2.05) is 18.2 Å². The van der Waals surface area contributed by atoms with E-state index >= 15 is 0 Å². The largest absolute Gasteiger partial charge is 0.295 e. The molecule has 1 aliphatic rings. The highest BCUT2D eigenvalue weighted by atomic mass is 16.1. The molecule has 2 rings (SSSR count). The molecule has 1 unspecified atom stereocenters. The molecule has 0 radical (unpaired) electrons. The predicted octanol–water partition coefficient (Wildman–Crippen LogP) is 3.38. The van der Waals surface area contributed by atoms with Gasteiger partial charge in [-0.05, 0) is 42.0 Å². The molecule has 1 aliphatic carbocycles. The van der Waals surface area contributed by atoms with Gasteiger partial charge in [-0.25, -0.2) is 0 Å². The van der Waals surface area contributed by atoms with Gasteiger partial charge in [0.1, 0.15) is 0 Å². The van der Waals surface area contributed by atoms with Crippen molar-refractivity contribution in [1.29, 1.82) is 0 Å². The molecule has 0 N–H and O–H groups in total. The van der Waals surface area contributed by atoms with Crippen molar-refractivity contribution in [3.05, 3.63) is 41.5 Å². The summed E-state index contributed by atoms with van der Waals surface area (Å²) >= 11 is 0. The van der Waals surface area contributed by atoms with E-state index in [9.17, 15) is 4.79 Å². The number of aryl methyl sites for hydroxylation is 1. The second-order valence-electron chi connectivity index (χ2n) is 4.46. The Morgan fingerprint density at radius 3 is 2.60 bits per heavy atom. The van der Waals surface area contributed by atoms with E-state index in [1.165, 1.54) is 16.7 Å². The van der Waals surface area contributed by atoms with Gasteiger partial charge in [0.2, 0.25) is 0 Å². The molecule has 1 nitrogen and oxygen atoms in total. The van der Waals surface area contributed by atoms with Crippen LogP contribution in [0.1, 0.15) is 30.9 Å². The van der Waals surface area contributed by atoms with Gasteiger partial charge in [-0.15, -0.1) is 0 Å². The zero-order valence-electron chi connectivity index (χ0n) is 9.29. The maximum absolute atomic E-state index is 11.5. The van der Waals surface area contributed by atoms with E-state index in [0.717, 1.165) is 6.42 Å². The zero-order valence-corrected chi connectivity index (χ0v) is 9.29. The van der Waals surface area contributed by atoms with Crippen molar-refractivity contribution < 1.29 is 4.79 Å². The van der Waals surface area contributed by atoms with Crippen LogP contribution in [0.4, 0.5) is 0 Å². The fourth-order valence-electron chi connectivity index (χ4n) is 2.22. The van der Waals surface area contributed by atoms with Crippen molar-refractivity contribution >= 4 is 11.4 Å². The molecule has 0 bridgehead atoms. The van der Waals surface area contributed by atoms with Crippen molar-refractivity contribution in [2.45, 2.75) is 26.7 Å². The molecule has 0 saturated carbocycles. The fraction of sp³-hybridized carbons (Fsp3) is 0.357. The summed E-state index contributed by atoms with van der Waals surface area (Å²) in [6.45, 7) is 4.24. The molecule has 1 atom stereocenters. The minimum atomic E-state index is 0.270. The molecule has 0 heterocycles. The van der Waals surface area contributed by atoms with E-state index < -0.39 is 0 Å². The van der Waals surface area contributed by atoms with Crippen LogP contribution in [0, 0.1) is 12.8 Å². The summed E-state index contributed by atoms with van der Waals surface area (Å²) in [4.78, 5) is 11.5. The maximum atomic E-state index is 11.5. The lowest BCUT2D eigenvalue weighted by Gasteiger charge is -2.19. The SMILES string of the molecule is Cc1ccccc1C1=CC(=O)CC(C)C1. The van der Waals surface area contributed by atoms with Gasteiger partial charge in [-0.2, -0.15) is 0 Å². The van der Waals surface area contributed by atoms with Gasteiger partial charge in [0, 0.05) is 6.42 Å². The third kappa shape index (κ3) is 2.17. The number of carbonyl (C=O) groups is 1. The lowest BCUT2D eigenvalue weighted by atomic mass is 9.85. The Balaban J connectivity index is 2.39. The molecular weight excluding hydrogens is 184 g/mol. The highest BCUT2D eigenvalue weighted by Gasteiger charge is 2.18. The number of hydrogen-bond donors (Lipinski definition) is 0. The summed E-state index contributed by atoms with van der Waals surface area (Å²) in [6, 6.07) is 8.27. The maximum Gasteiger partial charge on any atom is 0.156 e. The van der Waals surface area contributed by atoms with Crippen LogP contribution < -0.4 is 0 Å². The van der Waals surface area contributed by atoms with Crippen molar-refractivity contribution in [3.8, 4) is 0 Å². The number of benzene rings is 1. The summed E-state index contributed by atoms with van der Waals surface area (Å²) in [7, 11) is 0. The van der Waals surface area contributed by atoms with Gasteiger partial charge < -0.3 is 0 Å². The third-order valence-electron chi connectivity index (χ3n) is 2.94. The van der Waals surface area contributed by atoms with Gasteiger partial charge in [0.25, 0.3) is 0 Å². The van der Waals surface area contributed by atoms with Crippen LogP contribution in [0.2, 0.25) is 0 Å². The summed E-state index contributed by atoms with van der Waals surface area (Å²) in [5.74, 6) is 0.754. The summed E-state index contributed by atoms with van der Waals surface area (Å²) in [6.07, 6.45) is 3.55. The van der Waals surface area contributed by atoms with Crippen LogP contribution >= 0.6 is 0 Å². The molecule has 1 aromatic carbocycles. The number of rotatable bonds is 1. The fourth-order valence-corrected chi connectivity index (χ4v) is 2.22. The first-order valence-electron chi connectivity index (χ1n) is 5.46. The first-order chi connectivity index (χ1) is 7.16. The molecule has 0 saturated heterocycles. The van der Waals surface area contributed by atoms with Crippen molar-refractivity contribution in [1.82, 2.24) is 0 Å². The number of ketones is 1. The molecule has 1 heteroatoms. The van der Waals surface area contributed by atoms with E-state index in [-0.39, 0.29) is 5.78 Å². The lowest BCUT2D eigenvalue weighted by molar-refractivity contribution is -0.115. The van der Waals surface area contributed by atoms with Crippen LogP contribution in [0.15, 0.2) is 30.3 Å². The second-order valence-corrected chi connectivity index (χ2v) is 4.46. The van der Waals surface area contributed by atoms with E-state index in [0.29, 0.717) is 12.3 Å². The molecule has 0 spiro atoms. The van der Waals surface area contributed by atoms with E-state index in [2.05, 4.69) is 26.0 Å². The summed E-state index contributed by atoms with van der Waals surface area (Å²) in [5, 5.41) is 0. The van der Waals surface area contributed by atoms with Crippen LogP contribution in [0.3, 0.4) is 0 Å². The molecule has 0 fully saturated rings. The average molecular weight is 200 g/mol. The summed E-state index contributed by atoms with van der Waals surface area (Å²) in [5.41, 5.74) is 3.69. The Hall–Kier alpha value is -1.37. The topological polar surface area (TPSA) is 17.1 Å². The van der Waals surface area contributed by atoms with Crippen molar-refractivity contribution in [2.75, 3.05) is 0 Å². The van der Waals surface area contributed by atoms with E-state index in [4.69, 9.17) is 0 Å². The standard InChI is InChI=1S/C14H16O/c1-10-7-12(9-13(15)8-10)14-6-4-3-5-11(14)2/h3-6,9-10H,7-8H2,1-2H3. The quantitative estimate of drug-likeness (QED) is 0.679. The van der Waals surface area contributed by atoms with Gasteiger partial charge in [0.15, 0.2) is 5.78 Å². The zero-order chi connectivity index (χ0) is 10.8. The third-order valence-corrected chi connectivity index (χ3v) is 2.94. The first-order valence-corrected chi connectivity index (χ1v) is 5.46. The predicted molar refractivity (Wildman–Crippen MR) is 62.6 cm³/mol. The molecule has 1 aromatic rings. The highest BCUT2D eigenvalue weighted by Crippen LogP contribution is 2.30. The lowest BCUT2D eigenvalue weighted by Crippen LogP contribution is -2.11. The minimum Gasteiger partial charge on any atom is -0.295 e. The smallest absolute Gasteiger partial charge is 0.156 e. The van der Waals surface area contributed by atoms with E-state index in [1.54, 1.807) is 0 Å². The second kappa shape index (κ2) is 4.01. The Labute approximate surface area is 90.8 Å². The van der Waals surface area contributed by atoms with Gasteiger partial charge in [0.05, 0.1) is 0 Å². The molecular formula is C14H16O. The highest BCUT2D eigenvalue weighted by molar-refractivity contribution is 5.98. The number of hydrogen-bond acceptors (Lipinski definition) is 1. The molecule has 0 aromatic heterocycles. The van der Waals surface area contributed by atoms with Gasteiger partial charge in [-0.3, -0.25) is 4.79 Å². The Kier molecular flexibility index (Phi) is 2.72. The van der Waals surface area contributed by atoms with Crippen molar-refractivity contribution in [2.24, 2.45) is 5.92 Å². The van der Waals surface area contributed by atoms with Crippen molar-refractivity contribution in [3.63, 3.8) is 0 Å². The van der Waals surface area contributed by atoms with Gasteiger partial charge in [-0.1, -0.05) is 31.2 Å².